The molecule has 2 aliphatic carbocycles. The number of aliphatic carboxylic acids is 1. The second kappa shape index (κ2) is 1.85. The first-order valence-electron chi connectivity index (χ1n) is 3.83. The van der Waals surface area contributed by atoms with Crippen LogP contribution in [-0.4, -0.2) is 16.6 Å². The van der Waals surface area contributed by atoms with Crippen LogP contribution in [0, 0.1) is 11.8 Å². The van der Waals surface area contributed by atoms with E-state index in [-0.39, 0.29) is 5.92 Å². The lowest BCUT2D eigenvalue weighted by molar-refractivity contribution is -0.144. The lowest BCUT2D eigenvalue weighted by atomic mass is 9.86. The van der Waals surface area contributed by atoms with Crippen molar-refractivity contribution >= 4 is 5.97 Å². The molecule has 2 bridgehead atoms. The summed E-state index contributed by atoms with van der Waals surface area (Å²) in [4.78, 5) is 10.8. The summed E-state index contributed by atoms with van der Waals surface area (Å²) in [5, 5.41) is 8.84. The SMILES string of the molecule is N[C@]1(C(=O)O)C[C@H]2C=C[C@@H]1C2. The fourth-order valence-electron chi connectivity index (χ4n) is 2.14. The first kappa shape index (κ1) is 6.85. The fourth-order valence-corrected chi connectivity index (χ4v) is 2.14. The topological polar surface area (TPSA) is 63.3 Å². The predicted octanol–water partition coefficient (Wildman–Crippen LogP) is 0.364. The van der Waals surface area contributed by atoms with Crippen molar-refractivity contribution in [2.75, 3.05) is 0 Å². The predicted molar refractivity (Wildman–Crippen MR) is 39.9 cm³/mol. The molecular weight excluding hydrogens is 142 g/mol. The average molecular weight is 153 g/mol. The lowest BCUT2D eigenvalue weighted by Gasteiger charge is -2.25. The summed E-state index contributed by atoms with van der Waals surface area (Å²) in [5.41, 5.74) is 4.78. The third kappa shape index (κ3) is 0.744. The van der Waals surface area contributed by atoms with Gasteiger partial charge in [-0.25, -0.2) is 0 Å². The van der Waals surface area contributed by atoms with Crippen LogP contribution >= 0.6 is 0 Å². The second-order valence-corrected chi connectivity index (χ2v) is 3.54. The van der Waals surface area contributed by atoms with Gasteiger partial charge in [-0.3, -0.25) is 4.79 Å². The lowest BCUT2D eigenvalue weighted by Crippen LogP contribution is -2.51. The molecule has 0 aromatic rings. The maximum atomic E-state index is 10.8. The molecule has 2 rings (SSSR count). The van der Waals surface area contributed by atoms with E-state index < -0.39 is 11.5 Å². The number of allylic oxidation sites excluding steroid dienone is 1. The zero-order valence-electron chi connectivity index (χ0n) is 6.16. The largest absolute Gasteiger partial charge is 0.480 e. The van der Waals surface area contributed by atoms with E-state index >= 15 is 0 Å². The Kier molecular flexibility index (Phi) is 1.16. The van der Waals surface area contributed by atoms with Gasteiger partial charge in [0.15, 0.2) is 0 Å². The van der Waals surface area contributed by atoms with Crippen LogP contribution in [0.5, 0.6) is 0 Å². The normalized spacial score (nSPS) is 46.6. The molecule has 1 saturated carbocycles. The highest BCUT2D eigenvalue weighted by molar-refractivity contribution is 5.80. The molecule has 60 valence electrons. The summed E-state index contributed by atoms with van der Waals surface area (Å²) in [5.74, 6) is -0.361. The Hall–Kier alpha value is -0.830. The Bertz CT molecular complexity index is 236. The molecule has 3 heteroatoms. The van der Waals surface area contributed by atoms with E-state index in [4.69, 9.17) is 10.8 Å². The molecule has 0 amide bonds. The molecule has 0 aliphatic heterocycles. The Labute approximate surface area is 64.9 Å². The van der Waals surface area contributed by atoms with Crippen LogP contribution in [0.2, 0.25) is 0 Å². The Balaban J connectivity index is 2.30. The molecule has 0 radical (unpaired) electrons. The van der Waals surface area contributed by atoms with E-state index in [0.717, 1.165) is 6.42 Å². The van der Waals surface area contributed by atoms with Gasteiger partial charge in [0.1, 0.15) is 5.54 Å². The van der Waals surface area contributed by atoms with Crippen molar-refractivity contribution < 1.29 is 9.90 Å². The van der Waals surface area contributed by atoms with Crippen molar-refractivity contribution in [3.63, 3.8) is 0 Å². The van der Waals surface area contributed by atoms with Gasteiger partial charge in [0.2, 0.25) is 0 Å². The van der Waals surface area contributed by atoms with Crippen molar-refractivity contribution in [2.24, 2.45) is 17.6 Å². The summed E-state index contributed by atoms with van der Waals surface area (Å²) >= 11 is 0. The third-order valence-corrected chi connectivity index (χ3v) is 2.83. The zero-order chi connectivity index (χ0) is 8.06. The van der Waals surface area contributed by atoms with Crippen LogP contribution < -0.4 is 5.73 Å². The maximum Gasteiger partial charge on any atom is 0.324 e. The minimum absolute atomic E-state index is 0.0741. The summed E-state index contributed by atoms with van der Waals surface area (Å²) in [6.45, 7) is 0. The third-order valence-electron chi connectivity index (χ3n) is 2.83. The number of carbonyl (C=O) groups is 1. The van der Waals surface area contributed by atoms with E-state index in [1.165, 1.54) is 0 Å². The van der Waals surface area contributed by atoms with E-state index in [1.54, 1.807) is 0 Å². The molecule has 0 aromatic carbocycles. The Morgan fingerprint density at radius 1 is 1.64 bits per heavy atom. The van der Waals surface area contributed by atoms with E-state index in [1.807, 2.05) is 6.08 Å². The standard InChI is InChI=1S/C8H11NO2/c9-8(7(10)11)4-5-1-2-6(8)3-5/h1-2,5-6H,3-4,9H2,(H,10,11)/t5-,6+,8+/m0/s1. The molecule has 3 nitrogen and oxygen atoms in total. The van der Waals surface area contributed by atoms with E-state index in [0.29, 0.717) is 12.3 Å². The monoisotopic (exact) mass is 153 g/mol. The summed E-state index contributed by atoms with van der Waals surface area (Å²) < 4.78 is 0. The van der Waals surface area contributed by atoms with Crippen LogP contribution in [0.15, 0.2) is 12.2 Å². The molecular formula is C8H11NO2. The number of nitrogens with two attached hydrogens (primary N) is 1. The number of carboxylic acids is 1. The first-order chi connectivity index (χ1) is 5.13. The van der Waals surface area contributed by atoms with Gasteiger partial charge in [0.25, 0.3) is 0 Å². The van der Waals surface area contributed by atoms with Crippen LogP contribution in [0.25, 0.3) is 0 Å². The van der Waals surface area contributed by atoms with Crippen molar-refractivity contribution in [1.29, 1.82) is 0 Å². The van der Waals surface area contributed by atoms with Crippen LogP contribution in [-0.2, 0) is 4.79 Å². The van der Waals surface area contributed by atoms with Crippen molar-refractivity contribution in [2.45, 2.75) is 18.4 Å². The first-order valence-corrected chi connectivity index (χ1v) is 3.83. The molecule has 0 heterocycles. The summed E-state index contributed by atoms with van der Waals surface area (Å²) in [6.07, 6.45) is 5.58. The van der Waals surface area contributed by atoms with Crippen molar-refractivity contribution in [3.05, 3.63) is 12.2 Å². The highest BCUT2D eigenvalue weighted by atomic mass is 16.4. The van der Waals surface area contributed by atoms with Gasteiger partial charge in [-0.2, -0.15) is 0 Å². The molecule has 3 N–H and O–H groups in total. The Morgan fingerprint density at radius 3 is 2.64 bits per heavy atom. The van der Waals surface area contributed by atoms with Crippen LogP contribution in [0.1, 0.15) is 12.8 Å². The number of carboxylic acid groups (broad SMARTS) is 1. The zero-order valence-corrected chi connectivity index (χ0v) is 6.16. The van der Waals surface area contributed by atoms with Crippen molar-refractivity contribution in [1.82, 2.24) is 0 Å². The second-order valence-electron chi connectivity index (χ2n) is 3.54. The summed E-state index contributed by atoms with van der Waals surface area (Å²) in [6, 6.07) is 0. The molecule has 0 unspecified atom stereocenters. The minimum atomic E-state index is -0.959. The number of rotatable bonds is 1. The molecule has 0 saturated heterocycles. The van der Waals surface area contributed by atoms with E-state index in [9.17, 15) is 4.79 Å². The Morgan fingerprint density at radius 2 is 2.36 bits per heavy atom. The molecule has 0 aromatic heterocycles. The van der Waals surface area contributed by atoms with Gasteiger partial charge >= 0.3 is 5.97 Å². The fraction of sp³-hybridized carbons (Fsp3) is 0.625. The van der Waals surface area contributed by atoms with Gasteiger partial charge in [0, 0.05) is 5.92 Å². The smallest absolute Gasteiger partial charge is 0.324 e. The highest BCUT2D eigenvalue weighted by Gasteiger charge is 2.50. The summed E-state index contributed by atoms with van der Waals surface area (Å²) in [7, 11) is 0. The van der Waals surface area contributed by atoms with Gasteiger partial charge in [-0.05, 0) is 18.8 Å². The van der Waals surface area contributed by atoms with Gasteiger partial charge in [-0.1, -0.05) is 12.2 Å². The average Bonchev–Trinajstić information content (AvgIpc) is 2.45. The molecule has 3 atom stereocenters. The molecule has 11 heavy (non-hydrogen) atoms. The molecule has 2 aliphatic rings. The van der Waals surface area contributed by atoms with Gasteiger partial charge in [-0.15, -0.1) is 0 Å². The number of fused-ring (bicyclic) bond motifs is 2. The minimum Gasteiger partial charge on any atom is -0.480 e. The van der Waals surface area contributed by atoms with Crippen molar-refractivity contribution in [3.8, 4) is 0 Å². The highest BCUT2D eigenvalue weighted by Crippen LogP contribution is 2.44. The quantitative estimate of drug-likeness (QED) is 0.535. The maximum absolute atomic E-state index is 10.8. The van der Waals surface area contributed by atoms with E-state index in [2.05, 4.69) is 6.08 Å². The van der Waals surface area contributed by atoms with Crippen LogP contribution in [0.3, 0.4) is 0 Å². The molecule has 1 fully saturated rings. The van der Waals surface area contributed by atoms with Gasteiger partial charge < -0.3 is 10.8 Å². The molecule has 0 spiro atoms. The number of hydrogen-bond donors (Lipinski definition) is 2. The van der Waals surface area contributed by atoms with Crippen LogP contribution in [0.4, 0.5) is 0 Å². The van der Waals surface area contributed by atoms with Gasteiger partial charge in [0.05, 0.1) is 0 Å². The number of hydrogen-bond acceptors (Lipinski definition) is 2.